The van der Waals surface area contributed by atoms with Crippen molar-refractivity contribution in [3.63, 3.8) is 0 Å². The van der Waals surface area contributed by atoms with E-state index in [1.54, 1.807) is 0 Å². The average Bonchev–Trinajstić information content (AvgIpc) is 3.54. The van der Waals surface area contributed by atoms with Crippen LogP contribution < -0.4 is 14.2 Å². The second kappa shape index (κ2) is 10.9. The highest BCUT2D eigenvalue weighted by Crippen LogP contribution is 2.53. The third kappa shape index (κ3) is 5.33. The van der Waals surface area contributed by atoms with E-state index in [1.165, 1.54) is 51.5 Å². The number of alkyl halides is 2. The zero-order valence-electron chi connectivity index (χ0n) is 20.8. The van der Waals surface area contributed by atoms with Crippen LogP contribution in [-0.2, 0) is 20.2 Å². The lowest BCUT2D eigenvalue weighted by Gasteiger charge is -2.23. The number of hydrogen-bond donors (Lipinski definition) is 1. The Morgan fingerprint density at radius 1 is 1.08 bits per heavy atom. The molecular weight excluding hydrogens is 550 g/mol. The Morgan fingerprint density at radius 2 is 1.68 bits per heavy atom. The molecule has 38 heavy (non-hydrogen) atoms. The van der Waals surface area contributed by atoms with Crippen LogP contribution in [0.2, 0.25) is 5.02 Å². The lowest BCUT2D eigenvalue weighted by molar-refractivity contribution is 0.0950. The molecule has 17 heteroatoms. The molecule has 0 saturated heterocycles. The van der Waals surface area contributed by atoms with Crippen molar-refractivity contribution >= 4 is 27.6 Å². The fourth-order valence-corrected chi connectivity index (χ4v) is 5.30. The molecule has 0 bridgehead atoms. The number of ether oxygens (including phenoxy) is 3. The van der Waals surface area contributed by atoms with Crippen LogP contribution >= 0.6 is 11.6 Å². The van der Waals surface area contributed by atoms with Crippen LogP contribution in [0, 0.1) is 0 Å². The van der Waals surface area contributed by atoms with Crippen molar-refractivity contribution < 1.29 is 31.4 Å². The van der Waals surface area contributed by atoms with E-state index in [0.29, 0.717) is 12.8 Å². The van der Waals surface area contributed by atoms with Gasteiger partial charge in [-0.1, -0.05) is 11.6 Å². The fourth-order valence-electron chi connectivity index (χ4n) is 4.07. The molecule has 1 saturated carbocycles. The van der Waals surface area contributed by atoms with Crippen molar-refractivity contribution in [2.75, 3.05) is 26.1 Å². The molecule has 0 spiro atoms. The van der Waals surface area contributed by atoms with Crippen LogP contribution in [0.4, 0.5) is 14.7 Å². The van der Waals surface area contributed by atoms with Crippen LogP contribution in [0.15, 0.2) is 18.7 Å². The summed E-state index contributed by atoms with van der Waals surface area (Å²) in [7, 11) is -0.285. The summed E-state index contributed by atoms with van der Waals surface area (Å²) in [5, 5.41) is 7.16. The van der Waals surface area contributed by atoms with Gasteiger partial charge in [0.15, 0.2) is 11.5 Å². The van der Waals surface area contributed by atoms with Crippen molar-refractivity contribution in [2.45, 2.75) is 49.4 Å². The van der Waals surface area contributed by atoms with E-state index in [-0.39, 0.29) is 40.1 Å². The number of anilines is 1. The van der Waals surface area contributed by atoms with Crippen molar-refractivity contribution in [3.05, 3.63) is 35.4 Å². The number of nitrogens with zero attached hydrogens (tertiary/aromatic N) is 7. The number of hydrogen-bond acceptors (Lipinski definition) is 11. The fraction of sp³-hybridized carbons (Fsp3) is 0.524. The first-order valence-corrected chi connectivity index (χ1v) is 13.2. The Morgan fingerprint density at radius 3 is 2.18 bits per heavy atom. The van der Waals surface area contributed by atoms with Crippen LogP contribution in [0.1, 0.15) is 43.9 Å². The molecule has 3 aromatic heterocycles. The lowest BCUT2D eigenvalue weighted by atomic mass is 10.0. The smallest absolute Gasteiger partial charge is 0.245 e. The number of nitrogens with one attached hydrogen (secondary N) is 1. The molecule has 1 aliphatic rings. The molecule has 206 valence electrons. The number of aromatic nitrogens is 7. The summed E-state index contributed by atoms with van der Waals surface area (Å²) in [5.74, 6) is -0.137. The first kappa shape index (κ1) is 27.8. The van der Waals surface area contributed by atoms with Gasteiger partial charge in [0.1, 0.15) is 23.5 Å². The minimum atomic E-state index is -4.27. The molecule has 4 rings (SSSR count). The van der Waals surface area contributed by atoms with Crippen LogP contribution in [0.25, 0.3) is 5.69 Å². The van der Waals surface area contributed by atoms with Crippen LogP contribution in [0.3, 0.4) is 0 Å². The summed E-state index contributed by atoms with van der Waals surface area (Å²) < 4.78 is 73.8. The highest BCUT2D eigenvalue weighted by molar-refractivity contribution is 7.93. The van der Waals surface area contributed by atoms with Gasteiger partial charge in [-0.15, -0.1) is 10.2 Å². The van der Waals surface area contributed by atoms with Gasteiger partial charge in [-0.25, -0.2) is 27.2 Å². The molecule has 3 heterocycles. The molecular formula is C21H25ClF2N8O5S. The molecule has 0 aliphatic heterocycles. The van der Waals surface area contributed by atoms with Crippen molar-refractivity contribution in [3.8, 4) is 17.4 Å². The van der Waals surface area contributed by atoms with Gasteiger partial charge < -0.3 is 14.2 Å². The minimum Gasteiger partial charge on any atom is -0.479 e. The zero-order valence-corrected chi connectivity index (χ0v) is 22.4. The maximum absolute atomic E-state index is 13.5. The predicted molar refractivity (Wildman–Crippen MR) is 130 cm³/mol. The maximum Gasteiger partial charge on any atom is 0.245 e. The number of methoxy groups -OCH3 is 3. The van der Waals surface area contributed by atoms with Crippen LogP contribution in [0.5, 0.6) is 11.8 Å². The molecule has 1 fully saturated rings. The van der Waals surface area contributed by atoms with Crippen molar-refractivity contribution in [1.29, 1.82) is 0 Å². The van der Waals surface area contributed by atoms with Gasteiger partial charge in [-0.3, -0.25) is 9.29 Å². The third-order valence-corrected chi connectivity index (χ3v) is 8.09. The quantitative estimate of drug-likeness (QED) is 0.339. The molecule has 1 aliphatic carbocycles. The second-order valence-corrected chi connectivity index (χ2v) is 11.0. The van der Waals surface area contributed by atoms with Crippen molar-refractivity contribution in [1.82, 2.24) is 34.7 Å². The monoisotopic (exact) mass is 574 g/mol. The minimum absolute atomic E-state index is 0.0106. The molecule has 3 aromatic rings. The van der Waals surface area contributed by atoms with E-state index >= 15 is 0 Å². The van der Waals surface area contributed by atoms with E-state index in [0.717, 1.165) is 0 Å². The van der Waals surface area contributed by atoms with E-state index in [9.17, 15) is 17.2 Å². The molecule has 13 nitrogen and oxygen atoms in total. The van der Waals surface area contributed by atoms with Gasteiger partial charge in [0.2, 0.25) is 34.2 Å². The van der Waals surface area contributed by atoms with E-state index < -0.39 is 39.6 Å². The summed E-state index contributed by atoms with van der Waals surface area (Å²) in [6, 6.07) is 0. The molecule has 2 unspecified atom stereocenters. The third-order valence-electron chi connectivity index (χ3n) is 6.20. The normalized spacial score (nSPS) is 16.2. The van der Waals surface area contributed by atoms with E-state index in [4.69, 9.17) is 25.8 Å². The Hall–Kier alpha value is -3.24. The molecule has 0 aromatic carbocycles. The zero-order chi connectivity index (χ0) is 27.7. The van der Waals surface area contributed by atoms with Gasteiger partial charge in [0, 0.05) is 31.3 Å². The predicted octanol–water partition coefficient (Wildman–Crippen LogP) is 2.72. The SMILES string of the molecule is COc1ncnc(OC)c1-n1c(NS(=O)(=O)C(C)C(OC)c2ncc(Cl)cn2)nnc1C1(CC(F)F)CC1. The summed E-state index contributed by atoms with van der Waals surface area (Å²) in [4.78, 5) is 16.2. The maximum atomic E-state index is 13.5. The topological polar surface area (TPSA) is 156 Å². The van der Waals surface area contributed by atoms with E-state index in [1.807, 2.05) is 0 Å². The first-order valence-electron chi connectivity index (χ1n) is 11.3. The summed E-state index contributed by atoms with van der Waals surface area (Å²) in [6.45, 7) is 1.39. The number of halogens is 3. The van der Waals surface area contributed by atoms with Gasteiger partial charge >= 0.3 is 0 Å². The summed E-state index contributed by atoms with van der Waals surface area (Å²) >= 11 is 5.85. The van der Waals surface area contributed by atoms with Gasteiger partial charge in [0.25, 0.3) is 0 Å². The van der Waals surface area contributed by atoms with Crippen LogP contribution in [-0.4, -0.2) is 76.1 Å². The lowest BCUT2D eigenvalue weighted by Crippen LogP contribution is -2.33. The molecule has 0 radical (unpaired) electrons. The Bertz CT molecular complexity index is 1370. The highest BCUT2D eigenvalue weighted by Gasteiger charge is 2.51. The second-order valence-electron chi connectivity index (χ2n) is 8.57. The Balaban J connectivity index is 1.81. The van der Waals surface area contributed by atoms with Gasteiger partial charge in [0.05, 0.1) is 19.2 Å². The summed E-state index contributed by atoms with van der Waals surface area (Å²) in [5.41, 5.74) is -0.984. The largest absolute Gasteiger partial charge is 0.479 e. The van der Waals surface area contributed by atoms with Gasteiger partial charge in [-0.2, -0.15) is 9.97 Å². The molecule has 2 atom stereocenters. The molecule has 0 amide bonds. The van der Waals surface area contributed by atoms with Crippen molar-refractivity contribution in [2.24, 2.45) is 0 Å². The Kier molecular flexibility index (Phi) is 7.94. The first-order chi connectivity index (χ1) is 18.1. The number of rotatable bonds is 12. The Labute approximate surface area is 222 Å². The van der Waals surface area contributed by atoms with Gasteiger partial charge in [-0.05, 0) is 19.8 Å². The standard InChI is InChI=1S/C21H25ClF2N8O5S/c1-11(15(35-2)16-25-8-12(22)9-26-16)38(33,34)31-20-30-29-19(21(5-6-21)7-13(23)24)32(20)14-17(36-3)27-10-28-18(14)37-4/h8-11,13,15H,5-7H2,1-4H3,(H,30,31). The summed E-state index contributed by atoms with van der Waals surface area (Å²) in [6.07, 6.45) is 0.409. The molecule has 1 N–H and O–H groups in total. The average molecular weight is 575 g/mol. The number of sulfonamides is 1. The van der Waals surface area contributed by atoms with E-state index in [2.05, 4.69) is 34.9 Å². The highest BCUT2D eigenvalue weighted by atomic mass is 35.5.